The number of sulfonamides is 1. The number of benzene rings is 1. The van der Waals surface area contributed by atoms with Crippen LogP contribution in [-0.4, -0.2) is 24.1 Å². The van der Waals surface area contributed by atoms with Gasteiger partial charge in [-0.25, -0.2) is 26.5 Å². The molecule has 2 aromatic heterocycles. The van der Waals surface area contributed by atoms with Crippen molar-refractivity contribution in [3.63, 3.8) is 0 Å². The van der Waals surface area contributed by atoms with Crippen molar-refractivity contribution in [3.8, 4) is 0 Å². The van der Waals surface area contributed by atoms with E-state index in [1.165, 1.54) is 12.6 Å². The van der Waals surface area contributed by atoms with Crippen LogP contribution in [-0.2, 0) is 10.0 Å². The molecule has 28 heavy (non-hydrogen) atoms. The number of rotatable bonds is 6. The van der Waals surface area contributed by atoms with Crippen molar-refractivity contribution in [3.05, 3.63) is 53.9 Å². The fourth-order valence-corrected chi connectivity index (χ4v) is 5.19. The fraction of sp³-hybridized carbons (Fsp3) is 0.350. The summed E-state index contributed by atoms with van der Waals surface area (Å²) in [6.45, 7) is 1.74. The second kappa shape index (κ2) is 7.16. The second-order valence-electron chi connectivity index (χ2n) is 7.14. The number of H-pyrrole nitrogens is 1. The maximum atomic E-state index is 14.5. The number of hydrogen-bond acceptors (Lipinski definition) is 3. The third kappa shape index (κ3) is 3.26. The molecule has 148 valence electrons. The van der Waals surface area contributed by atoms with Gasteiger partial charge in [0.05, 0.1) is 23.3 Å². The maximum Gasteiger partial charge on any atom is 0.239 e. The summed E-state index contributed by atoms with van der Waals surface area (Å²) in [6, 6.07) is 4.61. The predicted octanol–water partition coefficient (Wildman–Crippen LogP) is 4.99. The van der Waals surface area contributed by atoms with Gasteiger partial charge in [-0.15, -0.1) is 0 Å². The lowest BCUT2D eigenvalue weighted by molar-refractivity contribution is 0.422. The van der Waals surface area contributed by atoms with Crippen molar-refractivity contribution in [1.82, 2.24) is 9.97 Å². The Morgan fingerprint density at radius 1 is 1.25 bits per heavy atom. The van der Waals surface area contributed by atoms with Gasteiger partial charge in [0.1, 0.15) is 11.5 Å². The summed E-state index contributed by atoms with van der Waals surface area (Å²) in [7, 11) is -3.87. The Labute approximate surface area is 162 Å². The number of nitrogens with zero attached hydrogens (tertiary/aromatic N) is 2. The molecule has 0 aliphatic heterocycles. The van der Waals surface area contributed by atoms with E-state index >= 15 is 0 Å². The molecule has 0 radical (unpaired) electrons. The third-order valence-corrected chi connectivity index (χ3v) is 7.08. The van der Waals surface area contributed by atoms with Gasteiger partial charge in [-0.1, -0.05) is 13.3 Å². The lowest BCUT2D eigenvalue weighted by atomic mass is 9.80. The van der Waals surface area contributed by atoms with Crippen LogP contribution in [0.4, 0.5) is 20.2 Å². The van der Waals surface area contributed by atoms with Crippen LogP contribution in [0.5, 0.6) is 0 Å². The average molecular weight is 405 g/mol. The molecule has 2 heterocycles. The maximum absolute atomic E-state index is 14.5. The molecule has 0 spiro atoms. The first-order chi connectivity index (χ1) is 13.4. The van der Waals surface area contributed by atoms with Crippen molar-refractivity contribution in [1.29, 1.82) is 0 Å². The fourth-order valence-electron chi connectivity index (χ4n) is 3.63. The van der Waals surface area contributed by atoms with Crippen LogP contribution >= 0.6 is 0 Å². The molecule has 1 aliphatic carbocycles. The van der Waals surface area contributed by atoms with Crippen molar-refractivity contribution >= 4 is 32.4 Å². The molecule has 5 nitrogen and oxygen atoms in total. The zero-order chi connectivity index (χ0) is 19.9. The predicted molar refractivity (Wildman–Crippen MR) is 105 cm³/mol. The van der Waals surface area contributed by atoms with Crippen LogP contribution in [0, 0.1) is 11.6 Å². The molecule has 1 N–H and O–H groups in total. The first kappa shape index (κ1) is 18.9. The minimum absolute atomic E-state index is 0.162. The van der Waals surface area contributed by atoms with Crippen LogP contribution in [0.25, 0.3) is 11.0 Å². The molecule has 0 atom stereocenters. The van der Waals surface area contributed by atoms with Gasteiger partial charge in [0.15, 0.2) is 5.82 Å². The first-order valence-electron chi connectivity index (χ1n) is 9.36. The molecular formula is C20H21F2N3O2S. The molecule has 0 bridgehead atoms. The van der Waals surface area contributed by atoms with Crippen LogP contribution in [0.1, 0.15) is 44.1 Å². The molecule has 1 aliphatic rings. The zero-order valence-electron chi connectivity index (χ0n) is 15.5. The summed E-state index contributed by atoms with van der Waals surface area (Å²) in [4.78, 5) is 7.47. The van der Waals surface area contributed by atoms with Crippen LogP contribution in [0.15, 0.2) is 36.7 Å². The minimum atomic E-state index is -3.87. The van der Waals surface area contributed by atoms with E-state index in [0.717, 1.165) is 40.2 Å². The van der Waals surface area contributed by atoms with E-state index in [1.807, 2.05) is 6.20 Å². The largest absolute Gasteiger partial charge is 0.346 e. The number of hydrogen-bond donors (Lipinski definition) is 1. The van der Waals surface area contributed by atoms with Gasteiger partial charge in [-0.3, -0.25) is 0 Å². The van der Waals surface area contributed by atoms with E-state index in [2.05, 4.69) is 9.97 Å². The number of aromatic nitrogens is 2. The standard InChI is InChI=1S/C20H21F2N3O2S/c1-2-8-28(26,27)25(19-7-6-14(21)9-18(19)22)15-10-16-17(13-4-3-5-13)12-24-20(16)23-11-15/h6-7,9-13H,2-5,8H2,1H3,(H,23,24). The molecule has 4 rings (SSSR count). The lowest BCUT2D eigenvalue weighted by Gasteiger charge is -2.26. The molecule has 8 heteroatoms. The summed E-state index contributed by atoms with van der Waals surface area (Å²) in [5.74, 6) is -1.44. The van der Waals surface area contributed by atoms with E-state index in [4.69, 9.17) is 0 Å². The van der Waals surface area contributed by atoms with Gasteiger partial charge in [0, 0.05) is 17.6 Å². The highest BCUT2D eigenvalue weighted by molar-refractivity contribution is 7.93. The van der Waals surface area contributed by atoms with E-state index < -0.39 is 21.7 Å². The number of halogens is 2. The summed E-state index contributed by atoms with van der Waals surface area (Å²) >= 11 is 0. The molecule has 1 fully saturated rings. The number of pyridine rings is 1. The van der Waals surface area contributed by atoms with Crippen LogP contribution < -0.4 is 4.31 Å². The zero-order valence-corrected chi connectivity index (χ0v) is 16.3. The Balaban J connectivity index is 1.88. The number of aromatic amines is 1. The van der Waals surface area contributed by atoms with Gasteiger partial charge >= 0.3 is 0 Å². The Hall–Kier alpha value is -2.48. The molecule has 0 unspecified atom stereocenters. The smallest absolute Gasteiger partial charge is 0.239 e. The topological polar surface area (TPSA) is 66.1 Å². The highest BCUT2D eigenvalue weighted by Crippen LogP contribution is 2.41. The molecule has 0 saturated heterocycles. The number of fused-ring (bicyclic) bond motifs is 1. The van der Waals surface area contributed by atoms with Crippen molar-refractivity contribution in [2.24, 2.45) is 0 Å². The normalized spacial score (nSPS) is 15.0. The van der Waals surface area contributed by atoms with Crippen molar-refractivity contribution in [2.45, 2.75) is 38.5 Å². The Morgan fingerprint density at radius 3 is 2.68 bits per heavy atom. The van der Waals surface area contributed by atoms with E-state index in [1.54, 1.807) is 13.0 Å². The van der Waals surface area contributed by atoms with E-state index in [0.29, 0.717) is 24.1 Å². The van der Waals surface area contributed by atoms with Crippen LogP contribution in [0.3, 0.4) is 0 Å². The number of nitrogens with one attached hydrogen (secondary N) is 1. The summed E-state index contributed by atoms with van der Waals surface area (Å²) in [5.41, 5.74) is 1.80. The van der Waals surface area contributed by atoms with Crippen molar-refractivity contribution < 1.29 is 17.2 Å². The quantitative estimate of drug-likeness (QED) is 0.629. The lowest BCUT2D eigenvalue weighted by Crippen LogP contribution is -2.29. The van der Waals surface area contributed by atoms with E-state index in [-0.39, 0.29) is 17.1 Å². The summed E-state index contributed by atoms with van der Waals surface area (Å²) in [6.07, 6.45) is 7.02. The highest BCUT2D eigenvalue weighted by atomic mass is 32.2. The monoisotopic (exact) mass is 405 g/mol. The van der Waals surface area contributed by atoms with Gasteiger partial charge in [-0.2, -0.15) is 0 Å². The van der Waals surface area contributed by atoms with Gasteiger partial charge in [0.2, 0.25) is 10.0 Å². The van der Waals surface area contributed by atoms with Gasteiger partial charge < -0.3 is 4.98 Å². The van der Waals surface area contributed by atoms with E-state index in [9.17, 15) is 17.2 Å². The van der Waals surface area contributed by atoms with Crippen molar-refractivity contribution in [2.75, 3.05) is 10.1 Å². The highest BCUT2D eigenvalue weighted by Gasteiger charge is 2.28. The van der Waals surface area contributed by atoms with Crippen LogP contribution in [0.2, 0.25) is 0 Å². The molecule has 3 aromatic rings. The Morgan fingerprint density at radius 2 is 2.04 bits per heavy atom. The average Bonchev–Trinajstić information content (AvgIpc) is 2.98. The molecule has 0 amide bonds. The SMILES string of the molecule is CCCS(=O)(=O)N(c1cnc2[nH]cc(C3CCC3)c2c1)c1ccc(F)cc1F. The summed E-state index contributed by atoms with van der Waals surface area (Å²) in [5, 5.41) is 0.835. The first-order valence-corrected chi connectivity index (χ1v) is 11.0. The minimum Gasteiger partial charge on any atom is -0.346 e. The third-order valence-electron chi connectivity index (χ3n) is 5.20. The van der Waals surface area contributed by atoms with Gasteiger partial charge in [-0.05, 0) is 48.9 Å². The number of anilines is 2. The molecule has 1 saturated carbocycles. The molecular weight excluding hydrogens is 384 g/mol. The molecule has 1 aromatic carbocycles. The summed E-state index contributed by atoms with van der Waals surface area (Å²) < 4.78 is 54.8. The van der Waals surface area contributed by atoms with Gasteiger partial charge in [0.25, 0.3) is 0 Å². The Bertz CT molecular complexity index is 1120. The second-order valence-corrected chi connectivity index (χ2v) is 9.07. The Kier molecular flexibility index (Phi) is 4.82.